The summed E-state index contributed by atoms with van der Waals surface area (Å²) < 4.78 is 10.8. The van der Waals surface area contributed by atoms with E-state index in [1.54, 1.807) is 0 Å². The molecule has 0 saturated carbocycles. The Bertz CT molecular complexity index is 367. The van der Waals surface area contributed by atoms with E-state index in [2.05, 4.69) is 9.97 Å². The topological polar surface area (TPSA) is 70.3 Å². The number of rotatable bonds is 6. The Hall–Kier alpha value is -1.36. The van der Waals surface area contributed by atoms with E-state index in [1.807, 2.05) is 27.7 Å². The van der Waals surface area contributed by atoms with Crippen LogP contribution in [0.5, 0.6) is 5.88 Å². The molecule has 0 unspecified atom stereocenters. The number of nitrogen functional groups attached to an aromatic ring is 1. The molecule has 0 aliphatic heterocycles. The van der Waals surface area contributed by atoms with E-state index < -0.39 is 0 Å². The van der Waals surface area contributed by atoms with Gasteiger partial charge in [0.15, 0.2) is 0 Å². The minimum absolute atomic E-state index is 0.229. The van der Waals surface area contributed by atoms with Crippen molar-refractivity contribution in [2.45, 2.75) is 33.6 Å². The lowest BCUT2D eigenvalue weighted by molar-refractivity contribution is 0.108. The maximum Gasteiger partial charge on any atom is 0.221 e. The number of hydrogen-bond acceptors (Lipinski definition) is 5. The summed E-state index contributed by atoms with van der Waals surface area (Å²) in [5.41, 5.74) is 6.61. The van der Waals surface area contributed by atoms with E-state index in [-0.39, 0.29) is 5.92 Å². The van der Waals surface area contributed by atoms with E-state index in [0.29, 0.717) is 37.3 Å². The summed E-state index contributed by atoms with van der Waals surface area (Å²) in [6.45, 7) is 9.56. The van der Waals surface area contributed by atoms with Gasteiger partial charge in [-0.15, -0.1) is 0 Å². The summed E-state index contributed by atoms with van der Waals surface area (Å²) >= 11 is 0. The van der Waals surface area contributed by atoms with Gasteiger partial charge in [-0.1, -0.05) is 13.8 Å². The number of aromatic nitrogens is 2. The lowest BCUT2D eigenvalue weighted by atomic mass is 10.2. The first kappa shape index (κ1) is 13.7. The van der Waals surface area contributed by atoms with Gasteiger partial charge in [-0.3, -0.25) is 0 Å². The highest BCUT2D eigenvalue weighted by Crippen LogP contribution is 2.22. The van der Waals surface area contributed by atoms with Gasteiger partial charge in [-0.2, -0.15) is 4.98 Å². The molecule has 0 atom stereocenters. The first-order valence-electron chi connectivity index (χ1n) is 5.90. The molecule has 0 spiro atoms. The zero-order valence-electron chi connectivity index (χ0n) is 11.0. The Morgan fingerprint density at radius 2 is 1.94 bits per heavy atom. The molecule has 0 aliphatic rings. The Kier molecular flexibility index (Phi) is 5.15. The van der Waals surface area contributed by atoms with Crippen molar-refractivity contribution in [2.24, 2.45) is 0 Å². The average molecular weight is 239 g/mol. The van der Waals surface area contributed by atoms with Crippen molar-refractivity contribution >= 4 is 5.82 Å². The second kappa shape index (κ2) is 6.39. The third-order valence-corrected chi connectivity index (χ3v) is 2.34. The van der Waals surface area contributed by atoms with Gasteiger partial charge in [0.25, 0.3) is 0 Å². The van der Waals surface area contributed by atoms with Gasteiger partial charge in [-0.05, 0) is 13.8 Å². The van der Waals surface area contributed by atoms with Crippen LogP contribution in [0.25, 0.3) is 0 Å². The molecule has 1 aromatic heterocycles. The van der Waals surface area contributed by atoms with Crippen LogP contribution in [0.3, 0.4) is 0 Å². The molecule has 1 heterocycles. The fourth-order valence-corrected chi connectivity index (χ4v) is 1.27. The molecule has 5 heteroatoms. The molecule has 0 amide bonds. The largest absolute Gasteiger partial charge is 0.475 e. The van der Waals surface area contributed by atoms with Crippen LogP contribution >= 0.6 is 0 Å². The molecule has 2 N–H and O–H groups in total. The summed E-state index contributed by atoms with van der Waals surface area (Å²) in [7, 11) is 0. The highest BCUT2D eigenvalue weighted by molar-refractivity contribution is 5.44. The molecule has 1 aromatic rings. The van der Waals surface area contributed by atoms with E-state index >= 15 is 0 Å². The van der Waals surface area contributed by atoms with Crippen LogP contribution in [0.15, 0.2) is 0 Å². The van der Waals surface area contributed by atoms with Gasteiger partial charge in [0.05, 0.1) is 12.2 Å². The van der Waals surface area contributed by atoms with Gasteiger partial charge in [-0.25, -0.2) is 4.98 Å². The molecule has 0 fully saturated rings. The number of hydrogen-bond donors (Lipinski definition) is 1. The molecule has 0 saturated heterocycles. The Labute approximate surface area is 102 Å². The average Bonchev–Trinajstić information content (AvgIpc) is 2.29. The third kappa shape index (κ3) is 3.85. The first-order chi connectivity index (χ1) is 8.06. The fraction of sp³-hybridized carbons (Fsp3) is 0.667. The molecule has 0 aromatic carbocycles. The van der Waals surface area contributed by atoms with Crippen LogP contribution in [0, 0.1) is 6.92 Å². The van der Waals surface area contributed by atoms with E-state index in [4.69, 9.17) is 15.2 Å². The maximum atomic E-state index is 5.83. The minimum Gasteiger partial charge on any atom is -0.475 e. The van der Waals surface area contributed by atoms with E-state index in [1.165, 1.54) is 0 Å². The molecule has 17 heavy (non-hydrogen) atoms. The van der Waals surface area contributed by atoms with Crippen LogP contribution in [-0.2, 0) is 4.74 Å². The van der Waals surface area contributed by atoms with Crippen molar-refractivity contribution < 1.29 is 9.47 Å². The van der Waals surface area contributed by atoms with E-state index in [0.717, 1.165) is 5.56 Å². The zero-order valence-corrected chi connectivity index (χ0v) is 11.0. The van der Waals surface area contributed by atoms with Crippen molar-refractivity contribution in [1.82, 2.24) is 9.97 Å². The first-order valence-corrected chi connectivity index (χ1v) is 5.90. The highest BCUT2D eigenvalue weighted by atomic mass is 16.5. The van der Waals surface area contributed by atoms with Crippen LogP contribution in [0.4, 0.5) is 5.82 Å². The highest BCUT2D eigenvalue weighted by Gasteiger charge is 2.12. The van der Waals surface area contributed by atoms with Crippen molar-refractivity contribution in [1.29, 1.82) is 0 Å². The summed E-state index contributed by atoms with van der Waals surface area (Å²) in [5.74, 6) is 1.97. The standard InChI is InChI=1S/C12H21N3O2/c1-5-16-6-7-17-12-9(4)10(13)14-11(15-12)8(2)3/h8H,5-7H2,1-4H3,(H2,13,14,15). The molecule has 0 bridgehead atoms. The predicted molar refractivity (Wildman–Crippen MR) is 67.3 cm³/mol. The SMILES string of the molecule is CCOCCOc1nc(C(C)C)nc(N)c1C. The Balaban J connectivity index is 2.75. The van der Waals surface area contributed by atoms with Crippen LogP contribution < -0.4 is 10.5 Å². The van der Waals surface area contributed by atoms with Crippen molar-refractivity contribution in [2.75, 3.05) is 25.6 Å². The summed E-state index contributed by atoms with van der Waals surface area (Å²) in [6, 6.07) is 0. The number of anilines is 1. The van der Waals surface area contributed by atoms with Gasteiger partial charge in [0.1, 0.15) is 18.2 Å². The second-order valence-electron chi connectivity index (χ2n) is 4.10. The molecule has 0 radical (unpaired) electrons. The Morgan fingerprint density at radius 1 is 1.24 bits per heavy atom. The quantitative estimate of drug-likeness (QED) is 0.768. The number of nitrogens with two attached hydrogens (primary N) is 1. The number of ether oxygens (including phenoxy) is 2. The molecule has 5 nitrogen and oxygen atoms in total. The van der Waals surface area contributed by atoms with Gasteiger partial charge < -0.3 is 15.2 Å². The minimum atomic E-state index is 0.229. The summed E-state index contributed by atoms with van der Waals surface area (Å²) in [4.78, 5) is 8.59. The lowest BCUT2D eigenvalue weighted by Gasteiger charge is -2.12. The second-order valence-corrected chi connectivity index (χ2v) is 4.10. The lowest BCUT2D eigenvalue weighted by Crippen LogP contribution is -2.11. The molecule has 96 valence electrons. The van der Waals surface area contributed by atoms with Gasteiger partial charge in [0.2, 0.25) is 5.88 Å². The van der Waals surface area contributed by atoms with Gasteiger partial charge >= 0.3 is 0 Å². The fourth-order valence-electron chi connectivity index (χ4n) is 1.27. The molecular formula is C12H21N3O2. The summed E-state index contributed by atoms with van der Waals surface area (Å²) in [5, 5.41) is 0. The maximum absolute atomic E-state index is 5.83. The monoisotopic (exact) mass is 239 g/mol. The van der Waals surface area contributed by atoms with Crippen LogP contribution in [0.1, 0.15) is 38.1 Å². The predicted octanol–water partition coefficient (Wildman–Crippen LogP) is 1.91. The summed E-state index contributed by atoms with van der Waals surface area (Å²) in [6.07, 6.45) is 0. The molecular weight excluding hydrogens is 218 g/mol. The molecule has 0 aliphatic carbocycles. The van der Waals surface area contributed by atoms with Crippen molar-refractivity contribution in [3.63, 3.8) is 0 Å². The van der Waals surface area contributed by atoms with Crippen molar-refractivity contribution in [3.8, 4) is 5.88 Å². The molecule has 1 rings (SSSR count). The van der Waals surface area contributed by atoms with E-state index in [9.17, 15) is 0 Å². The normalized spacial score (nSPS) is 10.9. The van der Waals surface area contributed by atoms with Gasteiger partial charge in [0, 0.05) is 12.5 Å². The van der Waals surface area contributed by atoms with Crippen LogP contribution in [-0.4, -0.2) is 29.8 Å². The third-order valence-electron chi connectivity index (χ3n) is 2.34. The Morgan fingerprint density at radius 3 is 2.53 bits per heavy atom. The zero-order chi connectivity index (χ0) is 12.8. The smallest absolute Gasteiger partial charge is 0.221 e. The number of nitrogens with zero attached hydrogens (tertiary/aromatic N) is 2. The van der Waals surface area contributed by atoms with Crippen molar-refractivity contribution in [3.05, 3.63) is 11.4 Å². The van der Waals surface area contributed by atoms with Crippen LogP contribution in [0.2, 0.25) is 0 Å².